The first-order valence-electron chi connectivity index (χ1n) is 5.55. The summed E-state index contributed by atoms with van der Waals surface area (Å²) >= 11 is 0. The van der Waals surface area contributed by atoms with Crippen molar-refractivity contribution < 1.29 is 34.6 Å². The van der Waals surface area contributed by atoms with E-state index < -0.39 is 5.97 Å². The number of carbonyl (C=O) groups is 1. The summed E-state index contributed by atoms with van der Waals surface area (Å²) in [6.07, 6.45) is 0. The first-order valence-corrected chi connectivity index (χ1v) is 5.55. The molecule has 0 fully saturated rings. The molecule has 0 radical (unpaired) electrons. The minimum atomic E-state index is -0.991. The van der Waals surface area contributed by atoms with Crippen molar-refractivity contribution >= 4 is 23.1 Å². The second-order valence-electron chi connectivity index (χ2n) is 3.63. The van der Waals surface area contributed by atoms with Crippen molar-refractivity contribution in [3.8, 4) is 0 Å². The van der Waals surface area contributed by atoms with Gasteiger partial charge in [0.1, 0.15) is 5.52 Å². The Kier molecular flexibility index (Phi) is 4.82. The summed E-state index contributed by atoms with van der Waals surface area (Å²) in [4.78, 5) is 17.2. The van der Waals surface area contributed by atoms with Gasteiger partial charge in [0.2, 0.25) is 0 Å². The Morgan fingerprint density at radius 3 is 2.67 bits per heavy atom. The summed E-state index contributed by atoms with van der Waals surface area (Å²) in [5.74, 6) is -0.991. The second-order valence-corrected chi connectivity index (χ2v) is 3.63. The third-order valence-electron chi connectivity index (χ3n) is 2.67. The van der Waals surface area contributed by atoms with Gasteiger partial charge in [0.25, 0.3) is 6.01 Å². The van der Waals surface area contributed by atoms with Crippen molar-refractivity contribution in [1.29, 1.82) is 0 Å². The normalized spacial score (nSPS) is 10.1. The van der Waals surface area contributed by atoms with E-state index >= 15 is 0 Å². The average molecular weight is 242 g/mol. The van der Waals surface area contributed by atoms with Crippen LogP contribution in [0.1, 0.15) is 25.6 Å². The Hall–Kier alpha value is -1.44. The Bertz CT molecular complexity index is 555. The summed E-state index contributed by atoms with van der Waals surface area (Å²) in [6.45, 7) is 5.53. The van der Waals surface area contributed by atoms with Gasteiger partial charge in [-0.25, -0.2) is 4.79 Å². The predicted molar refractivity (Wildman–Crippen MR) is 65.6 cm³/mol. The average Bonchev–Trinajstić information content (AvgIpc) is 2.73. The molecule has 0 unspecified atom stereocenters. The zero-order valence-electron chi connectivity index (χ0n) is 11.8. The molecular weight excluding hydrogens is 227 g/mol. The maximum atomic E-state index is 11.0. The summed E-state index contributed by atoms with van der Waals surface area (Å²) in [7, 11) is 0. The molecule has 0 aliphatic carbocycles. The van der Waals surface area contributed by atoms with Crippen LogP contribution in [0.15, 0.2) is 22.6 Å². The number of aromatic carboxylic acids is 1. The SMILES string of the molecule is CCN(CC)c1nc2c(C(=O)O)cccc2o1.[H-].[Li+]. The number of fused-ring (bicyclic) bond motifs is 1. The molecule has 1 aromatic heterocycles. The van der Waals surface area contributed by atoms with Crippen molar-refractivity contribution in [2.24, 2.45) is 0 Å². The molecule has 2 rings (SSSR count). The van der Waals surface area contributed by atoms with Crippen LogP contribution in [0.5, 0.6) is 0 Å². The van der Waals surface area contributed by atoms with E-state index in [1.165, 1.54) is 6.07 Å². The van der Waals surface area contributed by atoms with Gasteiger partial charge in [0.05, 0.1) is 5.56 Å². The van der Waals surface area contributed by atoms with Crippen LogP contribution in [0.3, 0.4) is 0 Å². The number of benzene rings is 1. The second kappa shape index (κ2) is 5.94. The minimum Gasteiger partial charge on any atom is -1.00 e. The van der Waals surface area contributed by atoms with E-state index in [4.69, 9.17) is 9.52 Å². The molecule has 0 amide bonds. The van der Waals surface area contributed by atoms with Gasteiger partial charge in [0, 0.05) is 13.1 Å². The Labute approximate surface area is 118 Å². The molecule has 6 heteroatoms. The third kappa shape index (κ3) is 2.52. The van der Waals surface area contributed by atoms with Gasteiger partial charge < -0.3 is 15.9 Å². The fourth-order valence-electron chi connectivity index (χ4n) is 1.74. The number of aromatic nitrogens is 1. The number of carboxylic acid groups (broad SMARTS) is 1. The minimum absolute atomic E-state index is 0. The largest absolute Gasteiger partial charge is 1.00 e. The number of carboxylic acids is 1. The zero-order chi connectivity index (χ0) is 12.4. The van der Waals surface area contributed by atoms with E-state index in [2.05, 4.69) is 4.98 Å². The van der Waals surface area contributed by atoms with Crippen molar-refractivity contribution in [3.05, 3.63) is 23.8 Å². The topological polar surface area (TPSA) is 66.6 Å². The standard InChI is InChI=1S/C12H14N2O3.Li.H/c1-3-14(4-2)12-13-10-8(11(15)16)6-5-7-9(10)17-12;;/h5-7H,3-4H2,1-2H3,(H,15,16);;/q;+1;-1. The van der Waals surface area contributed by atoms with E-state index in [1.807, 2.05) is 18.7 Å². The molecule has 1 heterocycles. The van der Waals surface area contributed by atoms with Crippen LogP contribution in [0, 0.1) is 0 Å². The van der Waals surface area contributed by atoms with Gasteiger partial charge in [-0.05, 0) is 26.0 Å². The van der Waals surface area contributed by atoms with Crippen molar-refractivity contribution in [3.63, 3.8) is 0 Å². The van der Waals surface area contributed by atoms with Crippen LogP contribution in [0.2, 0.25) is 0 Å². The van der Waals surface area contributed by atoms with Crippen LogP contribution >= 0.6 is 0 Å². The molecule has 0 aliphatic heterocycles. The molecular formula is C12H15LiN2O3. The van der Waals surface area contributed by atoms with Gasteiger partial charge in [-0.15, -0.1) is 0 Å². The van der Waals surface area contributed by atoms with E-state index in [1.54, 1.807) is 12.1 Å². The fraction of sp³-hybridized carbons (Fsp3) is 0.333. The van der Waals surface area contributed by atoms with E-state index in [9.17, 15) is 4.79 Å². The molecule has 0 saturated heterocycles. The zero-order valence-corrected chi connectivity index (χ0v) is 10.8. The van der Waals surface area contributed by atoms with Crippen LogP contribution in [0.4, 0.5) is 6.01 Å². The van der Waals surface area contributed by atoms with Crippen molar-refractivity contribution in [1.82, 2.24) is 4.98 Å². The summed E-state index contributed by atoms with van der Waals surface area (Å²) in [5, 5.41) is 9.05. The van der Waals surface area contributed by atoms with Gasteiger partial charge >= 0.3 is 24.8 Å². The molecule has 2 aromatic rings. The molecule has 0 saturated carbocycles. The molecule has 5 nitrogen and oxygen atoms in total. The quantitative estimate of drug-likeness (QED) is 0.731. The molecule has 0 spiro atoms. The number of para-hydroxylation sites is 1. The Morgan fingerprint density at radius 2 is 2.11 bits per heavy atom. The molecule has 0 bridgehead atoms. The van der Waals surface area contributed by atoms with Crippen LogP contribution in [-0.2, 0) is 0 Å². The summed E-state index contributed by atoms with van der Waals surface area (Å²) < 4.78 is 5.55. The Morgan fingerprint density at radius 1 is 1.44 bits per heavy atom. The van der Waals surface area contributed by atoms with Crippen molar-refractivity contribution in [2.45, 2.75) is 13.8 Å². The molecule has 1 N–H and O–H groups in total. The van der Waals surface area contributed by atoms with Crippen LogP contribution in [-0.4, -0.2) is 29.1 Å². The van der Waals surface area contributed by atoms with Gasteiger partial charge in [-0.3, -0.25) is 0 Å². The monoisotopic (exact) mass is 242 g/mol. The Balaban J connectivity index is 0.00000162. The molecule has 0 aliphatic rings. The third-order valence-corrected chi connectivity index (χ3v) is 2.67. The molecule has 18 heavy (non-hydrogen) atoms. The van der Waals surface area contributed by atoms with Gasteiger partial charge in [-0.1, -0.05) is 6.07 Å². The summed E-state index contributed by atoms with van der Waals surface area (Å²) in [5.41, 5.74) is 1.08. The van der Waals surface area contributed by atoms with Gasteiger partial charge in [0.15, 0.2) is 5.58 Å². The van der Waals surface area contributed by atoms with Crippen molar-refractivity contribution in [2.75, 3.05) is 18.0 Å². The first-order chi connectivity index (χ1) is 8.17. The molecule has 1 aromatic carbocycles. The number of rotatable bonds is 4. The maximum Gasteiger partial charge on any atom is 1.00 e. The predicted octanol–water partition coefficient (Wildman–Crippen LogP) is -0.511. The first kappa shape index (κ1) is 14.6. The summed E-state index contributed by atoms with van der Waals surface area (Å²) in [6, 6.07) is 5.38. The molecule has 92 valence electrons. The number of oxazole rings is 1. The molecule has 0 atom stereocenters. The number of hydrogen-bond acceptors (Lipinski definition) is 4. The van der Waals surface area contributed by atoms with E-state index in [0.717, 1.165) is 13.1 Å². The maximum absolute atomic E-state index is 11.0. The van der Waals surface area contributed by atoms with E-state index in [-0.39, 0.29) is 25.9 Å². The smallest absolute Gasteiger partial charge is 1.00 e. The number of anilines is 1. The number of hydrogen-bond donors (Lipinski definition) is 1. The van der Waals surface area contributed by atoms with Crippen LogP contribution in [0.25, 0.3) is 11.1 Å². The van der Waals surface area contributed by atoms with Gasteiger partial charge in [-0.2, -0.15) is 4.98 Å². The van der Waals surface area contributed by atoms with E-state index in [0.29, 0.717) is 17.1 Å². The van der Waals surface area contributed by atoms with Crippen LogP contribution < -0.4 is 23.8 Å². The fourth-order valence-corrected chi connectivity index (χ4v) is 1.74. The number of nitrogens with zero attached hydrogens (tertiary/aromatic N) is 2.